The molecule has 0 radical (unpaired) electrons. The zero-order chi connectivity index (χ0) is 26.9. The number of nitrogens with zero attached hydrogens (tertiary/aromatic N) is 2. The number of aromatic hydroxyl groups is 1. The van der Waals surface area contributed by atoms with Crippen LogP contribution < -0.4 is 10.9 Å². The lowest BCUT2D eigenvalue weighted by Crippen LogP contribution is -2.44. The molecule has 8 heteroatoms. The fourth-order valence-electron chi connectivity index (χ4n) is 4.83. The number of hydrogen-bond donors (Lipinski definition) is 3. The number of alkyl halides is 1. The van der Waals surface area contributed by atoms with Crippen LogP contribution in [0.5, 0.6) is 5.75 Å². The number of benzene rings is 2. The van der Waals surface area contributed by atoms with E-state index in [0.29, 0.717) is 18.7 Å². The SMILES string of the molecule is C[C@@H]1CN(Cc2ccc(C#Cc3ccc(CC(CNCCF)c4nc[nH]c(=O)c4O)cc3)cc2)C[C@@H](C)O1. The molecule has 2 aromatic carbocycles. The Kier molecular flexibility index (Phi) is 9.66. The van der Waals surface area contributed by atoms with Gasteiger partial charge in [-0.3, -0.25) is 9.69 Å². The van der Waals surface area contributed by atoms with E-state index in [2.05, 4.69) is 70.1 Å². The number of ether oxygens (including phenoxy) is 1. The van der Waals surface area contributed by atoms with Gasteiger partial charge in [-0.05, 0) is 55.7 Å². The molecule has 0 spiro atoms. The number of halogens is 1. The number of nitrogens with one attached hydrogen (secondary N) is 2. The van der Waals surface area contributed by atoms with Crippen molar-refractivity contribution in [1.29, 1.82) is 0 Å². The number of hydrogen-bond acceptors (Lipinski definition) is 6. The van der Waals surface area contributed by atoms with E-state index in [1.165, 1.54) is 11.9 Å². The Bertz CT molecular complexity index is 1290. The quantitative estimate of drug-likeness (QED) is 0.297. The Labute approximate surface area is 223 Å². The minimum atomic E-state index is -0.588. The predicted octanol–water partition coefficient (Wildman–Crippen LogP) is 3.37. The highest BCUT2D eigenvalue weighted by molar-refractivity contribution is 5.44. The molecule has 1 fully saturated rings. The third-order valence-electron chi connectivity index (χ3n) is 6.55. The van der Waals surface area contributed by atoms with Crippen LogP contribution in [0.1, 0.15) is 47.7 Å². The van der Waals surface area contributed by atoms with Crippen LogP contribution in [-0.2, 0) is 17.7 Å². The summed E-state index contributed by atoms with van der Waals surface area (Å²) >= 11 is 0. The first-order valence-electron chi connectivity index (χ1n) is 13.0. The highest BCUT2D eigenvalue weighted by Gasteiger charge is 2.22. The van der Waals surface area contributed by atoms with E-state index >= 15 is 0 Å². The third kappa shape index (κ3) is 7.75. The van der Waals surface area contributed by atoms with E-state index in [9.17, 15) is 14.3 Å². The van der Waals surface area contributed by atoms with E-state index in [0.717, 1.165) is 36.3 Å². The number of H-pyrrole nitrogens is 1. The van der Waals surface area contributed by atoms with Gasteiger partial charge in [0.2, 0.25) is 5.75 Å². The van der Waals surface area contributed by atoms with Crippen LogP contribution in [0.2, 0.25) is 0 Å². The summed E-state index contributed by atoms with van der Waals surface area (Å²) in [6.07, 6.45) is 2.31. The molecule has 38 heavy (non-hydrogen) atoms. The van der Waals surface area contributed by atoms with Crippen LogP contribution in [0.15, 0.2) is 59.7 Å². The molecule has 1 unspecified atom stereocenters. The molecule has 0 amide bonds. The summed E-state index contributed by atoms with van der Waals surface area (Å²) in [5, 5.41) is 13.2. The zero-order valence-corrected chi connectivity index (χ0v) is 21.9. The molecule has 0 bridgehead atoms. The molecule has 7 nitrogen and oxygen atoms in total. The fourth-order valence-corrected chi connectivity index (χ4v) is 4.83. The highest BCUT2D eigenvalue weighted by atomic mass is 19.1. The van der Waals surface area contributed by atoms with Crippen LogP contribution in [0.3, 0.4) is 0 Å². The second-order valence-corrected chi connectivity index (χ2v) is 9.85. The van der Waals surface area contributed by atoms with Crippen molar-refractivity contribution in [3.05, 3.63) is 93.2 Å². The Morgan fingerprint density at radius 1 is 1.08 bits per heavy atom. The average Bonchev–Trinajstić information content (AvgIpc) is 2.90. The van der Waals surface area contributed by atoms with Crippen LogP contribution in [0, 0.1) is 11.8 Å². The Morgan fingerprint density at radius 2 is 1.68 bits per heavy atom. The number of rotatable bonds is 9. The summed E-state index contributed by atoms with van der Waals surface area (Å²) in [7, 11) is 0. The molecule has 0 aliphatic carbocycles. The summed E-state index contributed by atoms with van der Waals surface area (Å²) in [6.45, 7) is 7.11. The second-order valence-electron chi connectivity index (χ2n) is 9.85. The van der Waals surface area contributed by atoms with Crippen LogP contribution in [0.4, 0.5) is 4.39 Å². The molecular formula is C30H35FN4O3. The van der Waals surface area contributed by atoms with E-state index in [-0.39, 0.29) is 24.7 Å². The summed E-state index contributed by atoms with van der Waals surface area (Å²) in [6, 6.07) is 16.2. The average molecular weight is 519 g/mol. The van der Waals surface area contributed by atoms with Gasteiger partial charge in [0.15, 0.2) is 0 Å². The van der Waals surface area contributed by atoms with E-state index < -0.39 is 18.0 Å². The molecule has 3 N–H and O–H groups in total. The normalized spacial score (nSPS) is 18.5. The van der Waals surface area contributed by atoms with Gasteiger partial charge in [0.25, 0.3) is 5.56 Å². The second kappa shape index (κ2) is 13.3. The highest BCUT2D eigenvalue weighted by Crippen LogP contribution is 2.24. The first kappa shape index (κ1) is 27.5. The molecule has 2 heterocycles. The maximum atomic E-state index is 12.6. The number of aromatic nitrogens is 2. The third-order valence-corrected chi connectivity index (χ3v) is 6.55. The van der Waals surface area contributed by atoms with Crippen molar-refractivity contribution < 1.29 is 14.2 Å². The van der Waals surface area contributed by atoms with Gasteiger partial charge in [-0.25, -0.2) is 9.37 Å². The molecule has 200 valence electrons. The van der Waals surface area contributed by atoms with Crippen molar-refractivity contribution in [3.63, 3.8) is 0 Å². The summed E-state index contributed by atoms with van der Waals surface area (Å²) in [5.41, 5.74) is 3.81. The van der Waals surface area contributed by atoms with Gasteiger partial charge in [-0.1, -0.05) is 36.1 Å². The van der Waals surface area contributed by atoms with Crippen LogP contribution in [-0.4, -0.2) is 65.0 Å². The van der Waals surface area contributed by atoms with E-state index in [4.69, 9.17) is 4.74 Å². The molecule has 1 saturated heterocycles. The minimum absolute atomic E-state index is 0.196. The van der Waals surface area contributed by atoms with Crippen molar-refractivity contribution >= 4 is 0 Å². The van der Waals surface area contributed by atoms with Gasteiger partial charge in [-0.15, -0.1) is 0 Å². The van der Waals surface area contributed by atoms with Gasteiger partial charge in [0, 0.05) is 49.8 Å². The Balaban J connectivity index is 1.38. The lowest BCUT2D eigenvalue weighted by Gasteiger charge is -2.35. The van der Waals surface area contributed by atoms with Gasteiger partial charge in [0.1, 0.15) is 6.67 Å². The van der Waals surface area contributed by atoms with Gasteiger partial charge < -0.3 is 20.1 Å². The summed E-state index contributed by atoms with van der Waals surface area (Å²) in [4.78, 5) is 20.8. The minimum Gasteiger partial charge on any atom is -0.502 e. The first-order chi connectivity index (χ1) is 18.4. The van der Waals surface area contributed by atoms with Gasteiger partial charge in [-0.2, -0.15) is 0 Å². The molecular weight excluding hydrogens is 483 g/mol. The lowest BCUT2D eigenvalue weighted by atomic mass is 9.94. The van der Waals surface area contributed by atoms with Crippen LogP contribution >= 0.6 is 0 Å². The van der Waals surface area contributed by atoms with E-state index in [1.54, 1.807) is 0 Å². The molecule has 0 saturated carbocycles. The monoisotopic (exact) mass is 518 g/mol. The number of morpholine rings is 1. The van der Waals surface area contributed by atoms with Crippen molar-refractivity contribution in [2.75, 3.05) is 32.9 Å². The molecule has 3 atom stereocenters. The van der Waals surface area contributed by atoms with Crippen molar-refractivity contribution in [2.45, 2.75) is 44.9 Å². The maximum Gasteiger partial charge on any atom is 0.293 e. The lowest BCUT2D eigenvalue weighted by molar-refractivity contribution is -0.0704. The van der Waals surface area contributed by atoms with Crippen LogP contribution in [0.25, 0.3) is 0 Å². The largest absolute Gasteiger partial charge is 0.502 e. The van der Waals surface area contributed by atoms with Gasteiger partial charge >= 0.3 is 0 Å². The van der Waals surface area contributed by atoms with Crippen molar-refractivity contribution in [2.24, 2.45) is 0 Å². The standard InChI is InChI=1S/C30H35FN4O3/c1-21-17-35(18-22(2)38-21)19-26-11-7-24(8-12-26)4-3-23-5-9-25(10-6-23)15-27(16-32-14-13-31)28-29(36)30(37)34-20-33-28/h5-12,20-22,27,32,36H,13-19H2,1-2H3,(H,33,34,37)/t21-,22-,27?/m1/s1. The first-order valence-corrected chi connectivity index (χ1v) is 13.0. The maximum absolute atomic E-state index is 12.6. The zero-order valence-electron chi connectivity index (χ0n) is 21.9. The van der Waals surface area contributed by atoms with Crippen molar-refractivity contribution in [1.82, 2.24) is 20.2 Å². The molecule has 1 aliphatic rings. The smallest absolute Gasteiger partial charge is 0.293 e. The van der Waals surface area contributed by atoms with E-state index in [1.807, 2.05) is 24.3 Å². The predicted molar refractivity (Wildman–Crippen MR) is 146 cm³/mol. The molecule has 3 aromatic rings. The van der Waals surface area contributed by atoms with Gasteiger partial charge in [0.05, 0.1) is 24.2 Å². The molecule has 1 aromatic heterocycles. The topological polar surface area (TPSA) is 90.5 Å². The van der Waals surface area contributed by atoms with Crippen molar-refractivity contribution in [3.8, 4) is 17.6 Å². The number of aromatic amines is 1. The molecule has 1 aliphatic heterocycles. The Hall–Kier alpha value is -3.51. The summed E-state index contributed by atoms with van der Waals surface area (Å²) < 4.78 is 18.4. The Morgan fingerprint density at radius 3 is 2.29 bits per heavy atom. The fraction of sp³-hybridized carbons (Fsp3) is 0.400. The summed E-state index contributed by atoms with van der Waals surface area (Å²) in [5.74, 6) is 5.76. The molecule has 4 rings (SSSR count).